The van der Waals surface area contributed by atoms with E-state index in [2.05, 4.69) is 158 Å². The summed E-state index contributed by atoms with van der Waals surface area (Å²) in [5, 5.41) is 13.8. The largest absolute Gasteiger partial charge is 0.506 e. The topological polar surface area (TPSA) is 77.0 Å². The van der Waals surface area contributed by atoms with E-state index < -0.39 is 0 Å². The number of imidazole rings is 1. The van der Waals surface area contributed by atoms with E-state index in [1.165, 1.54) is 16.7 Å². The highest BCUT2D eigenvalue weighted by molar-refractivity contribution is 6.05. The molecule has 10 rings (SSSR count). The predicted octanol–water partition coefficient (Wildman–Crippen LogP) is 15.1. The van der Waals surface area contributed by atoms with Crippen molar-refractivity contribution in [3.8, 4) is 56.3 Å². The number of aromatic hydroxyl groups is 1. The van der Waals surface area contributed by atoms with Crippen molar-refractivity contribution >= 4 is 44.0 Å². The predicted molar refractivity (Wildman–Crippen MR) is 261 cm³/mol. The van der Waals surface area contributed by atoms with Gasteiger partial charge in [0.05, 0.1) is 22.2 Å². The molecule has 0 fully saturated rings. The normalized spacial score (nSPS) is 12.6. The lowest BCUT2D eigenvalue weighted by Crippen LogP contribution is -2.13. The average Bonchev–Trinajstić information content (AvgIpc) is 3.83. The Kier molecular flexibility index (Phi) is 9.23. The van der Waals surface area contributed by atoms with Gasteiger partial charge in [-0.25, -0.2) is 9.97 Å². The van der Waals surface area contributed by atoms with Gasteiger partial charge >= 0.3 is 0 Å². The fourth-order valence-electron chi connectivity index (χ4n) is 8.79. The van der Waals surface area contributed by atoms with Crippen LogP contribution >= 0.6 is 0 Å². The monoisotopic (exact) mass is 824 g/mol. The molecule has 6 heteroatoms. The smallest absolute Gasteiger partial charge is 0.157 e. The quantitative estimate of drug-likeness (QED) is 0.187. The molecule has 0 atom stereocenters. The second-order valence-corrected chi connectivity index (χ2v) is 20.0. The zero-order valence-corrected chi connectivity index (χ0v) is 37.5. The molecule has 6 nitrogen and oxygen atoms in total. The van der Waals surface area contributed by atoms with Gasteiger partial charge in [-0.3, -0.25) is 9.55 Å². The molecule has 0 spiro atoms. The Hall–Kier alpha value is -7.05. The first-order valence-corrected chi connectivity index (χ1v) is 21.8. The van der Waals surface area contributed by atoms with Gasteiger partial charge in [-0.15, -0.1) is 0 Å². The summed E-state index contributed by atoms with van der Waals surface area (Å²) in [4.78, 5) is 15.8. The van der Waals surface area contributed by atoms with E-state index in [0.717, 1.165) is 77.8 Å². The molecule has 0 bridgehead atoms. The van der Waals surface area contributed by atoms with Gasteiger partial charge in [0, 0.05) is 45.3 Å². The highest BCUT2D eigenvalue weighted by Gasteiger charge is 2.27. The van der Waals surface area contributed by atoms with Crippen LogP contribution in [0.25, 0.3) is 94.6 Å². The molecule has 0 unspecified atom stereocenters. The SMILES string of the molecule is CC(C)(C)c1cc(-c2cc(C(C)(C)C)cc3cccnc23)cc(-c2nc3c(-c4nc5c(cc4O)oc4ccccc45)cccc3n2-c2ccc(C(C)(C)C)cc2-c2ccccc2)c1. The van der Waals surface area contributed by atoms with Crippen molar-refractivity contribution in [3.05, 3.63) is 162 Å². The minimum atomic E-state index is -0.195. The summed E-state index contributed by atoms with van der Waals surface area (Å²) in [5.41, 5.74) is 15.4. The van der Waals surface area contributed by atoms with Crippen LogP contribution in [0.3, 0.4) is 0 Å². The van der Waals surface area contributed by atoms with E-state index in [1.807, 2.05) is 48.7 Å². The summed E-state index contributed by atoms with van der Waals surface area (Å²) in [7, 11) is 0. The number of hydrogen-bond donors (Lipinski definition) is 1. The highest BCUT2D eigenvalue weighted by atomic mass is 16.3. The van der Waals surface area contributed by atoms with Crippen LogP contribution in [0, 0.1) is 0 Å². The van der Waals surface area contributed by atoms with Crippen molar-refractivity contribution < 1.29 is 9.52 Å². The van der Waals surface area contributed by atoms with Gasteiger partial charge in [-0.05, 0) is 105 Å². The number of fused-ring (bicyclic) bond motifs is 5. The molecular weight excluding hydrogens is 773 g/mol. The highest BCUT2D eigenvalue weighted by Crippen LogP contribution is 2.44. The van der Waals surface area contributed by atoms with E-state index in [9.17, 15) is 5.11 Å². The van der Waals surface area contributed by atoms with Crippen molar-refractivity contribution in [1.29, 1.82) is 0 Å². The van der Waals surface area contributed by atoms with Gasteiger partial charge in [-0.1, -0.05) is 135 Å². The number of rotatable bonds is 5. The molecule has 0 radical (unpaired) electrons. The van der Waals surface area contributed by atoms with Gasteiger partial charge in [0.25, 0.3) is 0 Å². The standard InChI is InChI=1S/C57H52N4O2/c1-55(2,3)38-24-25-45(43(31-38)34-17-11-10-12-18-34)61-46-22-15-21-42(52-47(62)33-49-53(59-52)41-20-13-14-23-48(41)63-49)51(46)60-54(61)37-27-36(29-39(30-37)56(4,5)6)44-32-40(57(7,8)9)28-35-19-16-26-58-50(35)44/h10-33,62H,1-9H3. The van der Waals surface area contributed by atoms with Crippen molar-refractivity contribution in [3.63, 3.8) is 0 Å². The van der Waals surface area contributed by atoms with Crippen molar-refractivity contribution in [1.82, 2.24) is 19.5 Å². The first-order chi connectivity index (χ1) is 30.0. The molecule has 6 aromatic carbocycles. The molecule has 0 amide bonds. The van der Waals surface area contributed by atoms with E-state index in [-0.39, 0.29) is 22.0 Å². The Balaban J connectivity index is 1.32. The van der Waals surface area contributed by atoms with Crippen LogP contribution in [-0.4, -0.2) is 24.6 Å². The van der Waals surface area contributed by atoms with Crippen LogP contribution in [0.1, 0.15) is 79.0 Å². The summed E-state index contributed by atoms with van der Waals surface area (Å²) < 4.78 is 8.44. The number of aromatic nitrogens is 4. The van der Waals surface area contributed by atoms with E-state index in [4.69, 9.17) is 19.4 Å². The summed E-state index contributed by atoms with van der Waals surface area (Å²) in [5.74, 6) is 0.809. The Bertz CT molecular complexity index is 3410. The molecule has 0 aliphatic rings. The Labute approximate surface area is 368 Å². The van der Waals surface area contributed by atoms with Crippen molar-refractivity contribution in [2.45, 2.75) is 78.6 Å². The lowest BCUT2D eigenvalue weighted by Gasteiger charge is -2.24. The van der Waals surface area contributed by atoms with E-state index in [1.54, 1.807) is 6.07 Å². The van der Waals surface area contributed by atoms with E-state index >= 15 is 0 Å². The summed E-state index contributed by atoms with van der Waals surface area (Å²) in [6.45, 7) is 20.4. The fraction of sp³-hybridized carbons (Fsp3) is 0.211. The molecule has 10 aromatic rings. The number of pyridine rings is 2. The number of hydrogen-bond acceptors (Lipinski definition) is 5. The number of benzene rings is 6. The first-order valence-electron chi connectivity index (χ1n) is 21.8. The minimum Gasteiger partial charge on any atom is -0.506 e. The van der Waals surface area contributed by atoms with Crippen LogP contribution in [-0.2, 0) is 16.2 Å². The van der Waals surface area contributed by atoms with Crippen LogP contribution in [0.2, 0.25) is 0 Å². The summed E-state index contributed by atoms with van der Waals surface area (Å²) in [6, 6.07) is 48.9. The lowest BCUT2D eigenvalue weighted by atomic mass is 9.81. The maximum atomic E-state index is 11.7. The lowest BCUT2D eigenvalue weighted by molar-refractivity contribution is 0.475. The van der Waals surface area contributed by atoms with Crippen molar-refractivity contribution in [2.75, 3.05) is 0 Å². The van der Waals surface area contributed by atoms with Gasteiger partial charge in [-0.2, -0.15) is 0 Å². The molecular formula is C57H52N4O2. The van der Waals surface area contributed by atoms with Crippen molar-refractivity contribution in [2.24, 2.45) is 0 Å². The Morgan fingerprint density at radius 2 is 1.19 bits per heavy atom. The zero-order chi connectivity index (χ0) is 44.0. The third-order valence-electron chi connectivity index (χ3n) is 12.4. The minimum absolute atomic E-state index is 0.0276. The third-order valence-corrected chi connectivity index (χ3v) is 12.4. The molecule has 63 heavy (non-hydrogen) atoms. The second kappa shape index (κ2) is 14.5. The second-order valence-electron chi connectivity index (χ2n) is 20.0. The van der Waals surface area contributed by atoms with Gasteiger partial charge < -0.3 is 9.52 Å². The Morgan fingerprint density at radius 1 is 0.492 bits per heavy atom. The maximum Gasteiger partial charge on any atom is 0.157 e. The number of para-hydroxylation sites is 2. The third kappa shape index (κ3) is 7.04. The van der Waals surface area contributed by atoms with Gasteiger partial charge in [0.15, 0.2) is 5.58 Å². The molecule has 1 N–H and O–H groups in total. The fourth-order valence-corrected chi connectivity index (χ4v) is 8.79. The van der Waals surface area contributed by atoms with Gasteiger partial charge in [0.2, 0.25) is 0 Å². The molecule has 4 aromatic heterocycles. The van der Waals surface area contributed by atoms with E-state index in [0.29, 0.717) is 16.8 Å². The first kappa shape index (κ1) is 40.0. The molecule has 0 aliphatic carbocycles. The van der Waals surface area contributed by atoms with Crippen LogP contribution in [0.15, 0.2) is 150 Å². The zero-order valence-electron chi connectivity index (χ0n) is 37.5. The molecule has 0 saturated carbocycles. The summed E-state index contributed by atoms with van der Waals surface area (Å²) in [6.07, 6.45) is 1.89. The molecule has 312 valence electrons. The van der Waals surface area contributed by atoms with Crippen LogP contribution in [0.5, 0.6) is 5.75 Å². The average molecular weight is 825 g/mol. The molecule has 0 aliphatic heterocycles. The number of furan rings is 1. The Morgan fingerprint density at radius 3 is 1.95 bits per heavy atom. The van der Waals surface area contributed by atoms with Gasteiger partial charge in [0.1, 0.15) is 28.4 Å². The molecule has 4 heterocycles. The maximum absolute atomic E-state index is 11.7. The van der Waals surface area contributed by atoms with Crippen LogP contribution in [0.4, 0.5) is 0 Å². The molecule has 0 saturated heterocycles. The number of nitrogens with zero attached hydrogens (tertiary/aromatic N) is 4. The summed E-state index contributed by atoms with van der Waals surface area (Å²) >= 11 is 0. The van der Waals surface area contributed by atoms with Crippen LogP contribution < -0.4 is 0 Å².